The first-order valence-corrected chi connectivity index (χ1v) is 8.89. The van der Waals surface area contributed by atoms with Crippen LogP contribution in [0.4, 0.5) is 5.69 Å². The number of rotatable bonds is 3. The van der Waals surface area contributed by atoms with E-state index in [0.29, 0.717) is 28.5 Å². The zero-order valence-electron chi connectivity index (χ0n) is 13.6. The van der Waals surface area contributed by atoms with Crippen LogP contribution in [-0.4, -0.2) is 46.0 Å². The van der Waals surface area contributed by atoms with Gasteiger partial charge in [-0.3, -0.25) is 9.59 Å². The average Bonchev–Trinajstić information content (AvgIpc) is 3.30. The molecule has 8 heteroatoms. The summed E-state index contributed by atoms with van der Waals surface area (Å²) in [5.41, 5.74) is 8.42. The van der Waals surface area contributed by atoms with Gasteiger partial charge in [-0.15, -0.1) is 16.4 Å². The highest BCUT2D eigenvalue weighted by Gasteiger charge is 2.39. The van der Waals surface area contributed by atoms with E-state index >= 15 is 0 Å². The van der Waals surface area contributed by atoms with Crippen molar-refractivity contribution in [2.45, 2.75) is 32.7 Å². The third kappa shape index (κ3) is 2.41. The van der Waals surface area contributed by atoms with Crippen molar-refractivity contribution in [2.24, 2.45) is 5.92 Å². The number of anilines is 1. The van der Waals surface area contributed by atoms with Crippen LogP contribution in [0, 0.1) is 19.8 Å². The van der Waals surface area contributed by atoms with Crippen molar-refractivity contribution in [1.29, 1.82) is 0 Å². The molecule has 0 atom stereocenters. The maximum Gasteiger partial charge on any atom is 0.263 e. The third-order valence-electron chi connectivity index (χ3n) is 4.80. The van der Waals surface area contributed by atoms with E-state index in [9.17, 15) is 9.59 Å². The standard InChI is InChI=1S/C16H19N5O2S/c1-7-8(2)19-20-15-11(7)12(17)13(24-15)14(22)18-10-5-21(6-10)16(23)9-3-4-9/h9-10H,3-6,17H2,1-2H3,(H,18,22). The molecule has 1 saturated heterocycles. The number of carbonyl (C=O) groups excluding carboxylic acids is 2. The molecule has 1 aliphatic carbocycles. The summed E-state index contributed by atoms with van der Waals surface area (Å²) in [6.07, 6.45) is 2.01. The lowest BCUT2D eigenvalue weighted by Gasteiger charge is -2.39. The molecule has 2 amide bonds. The smallest absolute Gasteiger partial charge is 0.263 e. The number of likely N-dealkylation sites (tertiary alicyclic amines) is 1. The maximum absolute atomic E-state index is 12.5. The molecule has 2 fully saturated rings. The van der Waals surface area contributed by atoms with Crippen molar-refractivity contribution in [3.05, 3.63) is 16.1 Å². The van der Waals surface area contributed by atoms with Gasteiger partial charge in [-0.05, 0) is 32.3 Å². The first-order valence-electron chi connectivity index (χ1n) is 8.07. The number of hydrogen-bond donors (Lipinski definition) is 2. The van der Waals surface area contributed by atoms with Gasteiger partial charge >= 0.3 is 0 Å². The van der Waals surface area contributed by atoms with Crippen molar-refractivity contribution >= 4 is 39.1 Å². The van der Waals surface area contributed by atoms with Crippen molar-refractivity contribution in [1.82, 2.24) is 20.4 Å². The predicted molar refractivity (Wildman–Crippen MR) is 91.9 cm³/mol. The summed E-state index contributed by atoms with van der Waals surface area (Å²) in [6, 6.07) is -0.00118. The lowest BCUT2D eigenvalue weighted by atomic mass is 10.1. The summed E-state index contributed by atoms with van der Waals surface area (Å²) in [5, 5.41) is 12.0. The number of nitrogens with one attached hydrogen (secondary N) is 1. The van der Waals surface area contributed by atoms with Crippen LogP contribution in [-0.2, 0) is 4.79 Å². The van der Waals surface area contributed by atoms with Crippen LogP contribution in [0.1, 0.15) is 33.8 Å². The molecule has 3 heterocycles. The molecule has 1 saturated carbocycles. The Kier molecular flexibility index (Phi) is 3.45. The SMILES string of the molecule is Cc1nnc2sc(C(=O)NC3CN(C(=O)C4CC4)C3)c(N)c2c1C. The summed E-state index contributed by atoms with van der Waals surface area (Å²) in [5.74, 6) is 0.254. The zero-order chi connectivity index (χ0) is 17.0. The first kappa shape index (κ1) is 15.3. The Bertz CT molecular complexity index is 852. The number of carbonyl (C=O) groups is 2. The van der Waals surface area contributed by atoms with Gasteiger partial charge in [0.25, 0.3) is 5.91 Å². The predicted octanol–water partition coefficient (Wildman–Crippen LogP) is 1.24. The lowest BCUT2D eigenvalue weighted by Crippen LogP contribution is -2.61. The summed E-state index contributed by atoms with van der Waals surface area (Å²) in [6.45, 7) is 4.98. The summed E-state index contributed by atoms with van der Waals surface area (Å²) >= 11 is 1.26. The molecule has 2 aliphatic rings. The second-order valence-corrected chi connectivity index (χ2v) is 7.62. The van der Waals surface area contributed by atoms with Crippen LogP contribution in [0.2, 0.25) is 0 Å². The van der Waals surface area contributed by atoms with Gasteiger partial charge in [-0.25, -0.2) is 0 Å². The molecule has 0 bridgehead atoms. The van der Waals surface area contributed by atoms with Crippen molar-refractivity contribution in [2.75, 3.05) is 18.8 Å². The van der Waals surface area contributed by atoms with Gasteiger partial charge in [0.15, 0.2) is 0 Å². The van der Waals surface area contributed by atoms with Crippen LogP contribution in [0.15, 0.2) is 0 Å². The average molecular weight is 345 g/mol. The van der Waals surface area contributed by atoms with Crippen molar-refractivity contribution < 1.29 is 9.59 Å². The molecule has 0 radical (unpaired) electrons. The molecule has 4 rings (SSSR count). The Morgan fingerprint density at radius 1 is 1.25 bits per heavy atom. The fourth-order valence-electron chi connectivity index (χ4n) is 3.00. The van der Waals surface area contributed by atoms with Gasteiger partial charge in [-0.1, -0.05) is 0 Å². The second-order valence-electron chi connectivity index (χ2n) is 6.62. The number of fused-ring (bicyclic) bond motifs is 1. The number of amides is 2. The van der Waals surface area contributed by atoms with E-state index in [0.717, 1.165) is 29.5 Å². The number of hydrogen-bond acceptors (Lipinski definition) is 6. The molecule has 0 aromatic carbocycles. The highest BCUT2D eigenvalue weighted by Crippen LogP contribution is 2.35. The molecule has 126 valence electrons. The number of thiophene rings is 1. The Hall–Kier alpha value is -2.22. The molecule has 7 nitrogen and oxygen atoms in total. The zero-order valence-corrected chi connectivity index (χ0v) is 14.4. The maximum atomic E-state index is 12.5. The number of nitrogen functional groups attached to an aromatic ring is 1. The largest absolute Gasteiger partial charge is 0.397 e. The summed E-state index contributed by atoms with van der Waals surface area (Å²) < 4.78 is 0. The Labute approximate surface area is 143 Å². The number of aromatic nitrogens is 2. The molecule has 2 aromatic heterocycles. The molecule has 3 N–H and O–H groups in total. The molecule has 0 spiro atoms. The van der Waals surface area contributed by atoms with Gasteiger partial charge in [0, 0.05) is 24.4 Å². The van der Waals surface area contributed by atoms with Crippen molar-refractivity contribution in [3.8, 4) is 0 Å². The second kappa shape index (κ2) is 5.41. The molecule has 1 aliphatic heterocycles. The molecule has 0 unspecified atom stereocenters. The molecule has 2 aromatic rings. The topological polar surface area (TPSA) is 101 Å². The van der Waals surface area contributed by atoms with Gasteiger partial charge in [0.05, 0.1) is 17.4 Å². The Morgan fingerprint density at radius 2 is 1.96 bits per heavy atom. The minimum atomic E-state index is -0.198. The van der Waals surface area contributed by atoms with Crippen molar-refractivity contribution in [3.63, 3.8) is 0 Å². The van der Waals surface area contributed by atoms with Crippen LogP contribution < -0.4 is 11.1 Å². The molecular weight excluding hydrogens is 326 g/mol. The fourth-order valence-corrected chi connectivity index (χ4v) is 4.00. The third-order valence-corrected chi connectivity index (χ3v) is 5.88. The Balaban J connectivity index is 1.47. The normalized spacial score (nSPS) is 17.8. The summed E-state index contributed by atoms with van der Waals surface area (Å²) in [4.78, 5) is 27.4. The van der Waals surface area contributed by atoms with E-state index in [2.05, 4.69) is 15.5 Å². The van der Waals surface area contributed by atoms with Gasteiger partial charge in [0.1, 0.15) is 9.71 Å². The van der Waals surface area contributed by atoms with E-state index < -0.39 is 0 Å². The lowest BCUT2D eigenvalue weighted by molar-refractivity contribution is -0.137. The van der Waals surface area contributed by atoms with Gasteiger partial charge < -0.3 is 16.0 Å². The first-order chi connectivity index (χ1) is 11.5. The monoisotopic (exact) mass is 345 g/mol. The number of nitrogens with zero attached hydrogens (tertiary/aromatic N) is 3. The summed E-state index contributed by atoms with van der Waals surface area (Å²) in [7, 11) is 0. The van der Waals surface area contributed by atoms with Crippen LogP contribution >= 0.6 is 11.3 Å². The fraction of sp³-hybridized carbons (Fsp3) is 0.500. The van der Waals surface area contributed by atoms with Crippen LogP contribution in [0.25, 0.3) is 10.2 Å². The van der Waals surface area contributed by atoms with E-state index in [1.165, 1.54) is 11.3 Å². The van der Waals surface area contributed by atoms with Crippen LogP contribution in [0.5, 0.6) is 0 Å². The van der Waals surface area contributed by atoms with Gasteiger partial charge in [0.2, 0.25) is 5.91 Å². The Morgan fingerprint density at radius 3 is 2.62 bits per heavy atom. The van der Waals surface area contributed by atoms with E-state index in [1.807, 2.05) is 18.7 Å². The van der Waals surface area contributed by atoms with Gasteiger partial charge in [-0.2, -0.15) is 5.10 Å². The number of nitrogens with two attached hydrogens (primary N) is 1. The van der Waals surface area contributed by atoms with Crippen LogP contribution in [0.3, 0.4) is 0 Å². The minimum Gasteiger partial charge on any atom is -0.397 e. The van der Waals surface area contributed by atoms with E-state index in [4.69, 9.17) is 5.73 Å². The highest BCUT2D eigenvalue weighted by molar-refractivity contribution is 7.21. The molecular formula is C16H19N5O2S. The number of aryl methyl sites for hydroxylation is 2. The molecule has 24 heavy (non-hydrogen) atoms. The van der Waals surface area contributed by atoms with E-state index in [1.54, 1.807) is 0 Å². The minimum absolute atomic E-state index is 0.00118. The van der Waals surface area contributed by atoms with E-state index in [-0.39, 0.29) is 23.8 Å². The highest BCUT2D eigenvalue weighted by atomic mass is 32.1. The quantitative estimate of drug-likeness (QED) is 0.871.